The molecular weight excluding hydrogens is 270 g/mol. The van der Waals surface area contributed by atoms with Gasteiger partial charge in [0.25, 0.3) is 0 Å². The van der Waals surface area contributed by atoms with Gasteiger partial charge in [0, 0.05) is 19.0 Å². The molecular formula is C14H23N5O2. The lowest BCUT2D eigenvalue weighted by molar-refractivity contribution is -0.123. The van der Waals surface area contributed by atoms with E-state index in [4.69, 9.17) is 0 Å². The van der Waals surface area contributed by atoms with Gasteiger partial charge in [-0.15, -0.1) is 0 Å². The first-order valence-electron chi connectivity index (χ1n) is 7.88. The summed E-state index contributed by atoms with van der Waals surface area (Å²) >= 11 is 0. The van der Waals surface area contributed by atoms with Crippen LogP contribution in [0.25, 0.3) is 0 Å². The molecule has 2 N–H and O–H groups in total. The Labute approximate surface area is 123 Å². The van der Waals surface area contributed by atoms with Gasteiger partial charge < -0.3 is 5.32 Å². The molecule has 0 bridgehead atoms. The second-order valence-corrected chi connectivity index (χ2v) is 6.03. The number of likely N-dealkylation sites (tertiary alicyclic amines) is 1. The van der Waals surface area contributed by atoms with Crippen LogP contribution in [0.15, 0.2) is 4.79 Å². The number of piperidine rings is 1. The Morgan fingerprint density at radius 3 is 2.86 bits per heavy atom. The summed E-state index contributed by atoms with van der Waals surface area (Å²) in [5.41, 5.74) is -0.148. The second kappa shape index (κ2) is 6.43. The quantitative estimate of drug-likeness (QED) is 0.814. The lowest BCUT2D eigenvalue weighted by Gasteiger charge is -2.26. The third-order valence-electron chi connectivity index (χ3n) is 4.44. The van der Waals surface area contributed by atoms with E-state index in [1.54, 1.807) is 4.57 Å². The standard InChI is InChI=1S/C14H23N5O2/c20-13(10-18-7-2-1-3-8-18)15-11-4-5-12-16-17-14(21)19(12)9-6-11/h11H,1-10H2,(H,15,20)(H,17,21). The van der Waals surface area contributed by atoms with Crippen molar-refractivity contribution < 1.29 is 4.79 Å². The Morgan fingerprint density at radius 1 is 1.24 bits per heavy atom. The molecule has 1 aromatic heterocycles. The number of rotatable bonds is 3. The molecule has 3 rings (SSSR count). The van der Waals surface area contributed by atoms with Gasteiger partial charge in [0.15, 0.2) is 0 Å². The van der Waals surface area contributed by atoms with Crippen LogP contribution in [0.2, 0.25) is 0 Å². The highest BCUT2D eigenvalue weighted by atomic mass is 16.2. The number of fused-ring (bicyclic) bond motifs is 1. The maximum Gasteiger partial charge on any atom is 0.343 e. The van der Waals surface area contributed by atoms with Crippen molar-refractivity contribution in [3.8, 4) is 0 Å². The van der Waals surface area contributed by atoms with E-state index in [0.29, 0.717) is 13.1 Å². The van der Waals surface area contributed by atoms with Crippen LogP contribution in [0.5, 0.6) is 0 Å². The zero-order valence-electron chi connectivity index (χ0n) is 12.3. The maximum absolute atomic E-state index is 12.1. The molecule has 3 heterocycles. The van der Waals surface area contributed by atoms with E-state index in [1.807, 2.05) is 0 Å². The van der Waals surface area contributed by atoms with Gasteiger partial charge in [0.2, 0.25) is 5.91 Å². The number of hydrogen-bond donors (Lipinski definition) is 2. The third kappa shape index (κ3) is 3.53. The highest BCUT2D eigenvalue weighted by Crippen LogP contribution is 2.12. The van der Waals surface area contributed by atoms with Crippen LogP contribution in [0, 0.1) is 0 Å². The molecule has 1 amide bonds. The first kappa shape index (κ1) is 14.3. The van der Waals surface area contributed by atoms with Crippen LogP contribution >= 0.6 is 0 Å². The minimum Gasteiger partial charge on any atom is -0.352 e. The summed E-state index contributed by atoms with van der Waals surface area (Å²) in [7, 11) is 0. The molecule has 1 saturated heterocycles. The summed E-state index contributed by atoms with van der Waals surface area (Å²) in [5, 5.41) is 9.62. The van der Waals surface area contributed by atoms with Crippen molar-refractivity contribution in [2.45, 2.75) is 51.1 Å². The number of nitrogens with zero attached hydrogens (tertiary/aromatic N) is 3. The third-order valence-corrected chi connectivity index (χ3v) is 4.44. The SMILES string of the molecule is O=C(CN1CCCCC1)NC1CCc2n[nH]c(=O)n2CC1. The topological polar surface area (TPSA) is 83.0 Å². The van der Waals surface area contributed by atoms with Crippen molar-refractivity contribution in [1.82, 2.24) is 25.0 Å². The number of H-pyrrole nitrogens is 1. The Hall–Kier alpha value is -1.63. The van der Waals surface area contributed by atoms with E-state index in [9.17, 15) is 9.59 Å². The number of nitrogens with one attached hydrogen (secondary N) is 2. The Bertz CT molecular complexity index is 544. The molecule has 1 unspecified atom stereocenters. The Kier molecular flexibility index (Phi) is 4.38. The average molecular weight is 293 g/mol. The number of aromatic nitrogens is 3. The zero-order valence-corrected chi connectivity index (χ0v) is 12.3. The molecule has 0 aromatic carbocycles. The predicted octanol–water partition coefficient (Wildman–Crippen LogP) is -0.122. The van der Waals surface area contributed by atoms with E-state index < -0.39 is 0 Å². The Balaban J connectivity index is 1.49. The van der Waals surface area contributed by atoms with Gasteiger partial charge in [0.1, 0.15) is 5.82 Å². The van der Waals surface area contributed by atoms with Crippen molar-refractivity contribution in [2.24, 2.45) is 0 Å². The fraction of sp³-hybridized carbons (Fsp3) is 0.786. The van der Waals surface area contributed by atoms with E-state index >= 15 is 0 Å². The van der Waals surface area contributed by atoms with Gasteiger partial charge in [-0.3, -0.25) is 14.3 Å². The number of aryl methyl sites for hydroxylation is 1. The summed E-state index contributed by atoms with van der Waals surface area (Å²) < 4.78 is 1.68. The molecule has 0 saturated carbocycles. The van der Waals surface area contributed by atoms with Crippen LogP contribution in [0.1, 0.15) is 37.9 Å². The molecule has 1 aromatic rings. The zero-order chi connectivity index (χ0) is 14.7. The lowest BCUT2D eigenvalue weighted by Crippen LogP contribution is -2.43. The fourth-order valence-electron chi connectivity index (χ4n) is 3.24. The molecule has 2 aliphatic rings. The second-order valence-electron chi connectivity index (χ2n) is 6.03. The van der Waals surface area contributed by atoms with Crippen LogP contribution in [-0.4, -0.2) is 51.2 Å². The van der Waals surface area contributed by atoms with Gasteiger partial charge in [0.05, 0.1) is 6.54 Å². The minimum atomic E-state index is -0.148. The van der Waals surface area contributed by atoms with Crippen LogP contribution in [0.3, 0.4) is 0 Å². The van der Waals surface area contributed by atoms with Crippen LogP contribution in [0.4, 0.5) is 0 Å². The molecule has 2 aliphatic heterocycles. The van der Waals surface area contributed by atoms with Crippen molar-refractivity contribution in [1.29, 1.82) is 0 Å². The smallest absolute Gasteiger partial charge is 0.343 e. The van der Waals surface area contributed by atoms with E-state index in [-0.39, 0.29) is 17.6 Å². The minimum absolute atomic E-state index is 0.107. The number of carbonyl (C=O) groups is 1. The first-order chi connectivity index (χ1) is 10.2. The van der Waals surface area contributed by atoms with Crippen molar-refractivity contribution in [2.75, 3.05) is 19.6 Å². The molecule has 0 aliphatic carbocycles. The lowest BCUT2D eigenvalue weighted by atomic mass is 10.1. The summed E-state index contributed by atoms with van der Waals surface area (Å²) in [6.45, 7) is 3.19. The predicted molar refractivity (Wildman–Crippen MR) is 78.0 cm³/mol. The van der Waals surface area contributed by atoms with Crippen LogP contribution in [-0.2, 0) is 17.8 Å². The molecule has 7 heteroatoms. The molecule has 1 fully saturated rings. The average Bonchev–Trinajstić information content (AvgIpc) is 2.71. The number of amides is 1. The largest absolute Gasteiger partial charge is 0.352 e. The summed E-state index contributed by atoms with van der Waals surface area (Å²) in [4.78, 5) is 25.9. The molecule has 0 radical (unpaired) electrons. The molecule has 116 valence electrons. The first-order valence-corrected chi connectivity index (χ1v) is 7.88. The van der Waals surface area contributed by atoms with Gasteiger partial charge in [-0.05, 0) is 38.8 Å². The van der Waals surface area contributed by atoms with Crippen molar-refractivity contribution in [3.05, 3.63) is 16.3 Å². The summed E-state index contributed by atoms with van der Waals surface area (Å²) in [6, 6.07) is 0.142. The highest BCUT2D eigenvalue weighted by molar-refractivity contribution is 5.78. The number of hydrogen-bond acceptors (Lipinski definition) is 4. The van der Waals surface area contributed by atoms with Crippen molar-refractivity contribution >= 4 is 5.91 Å². The van der Waals surface area contributed by atoms with Gasteiger partial charge in [-0.2, -0.15) is 5.10 Å². The van der Waals surface area contributed by atoms with Crippen molar-refractivity contribution in [3.63, 3.8) is 0 Å². The van der Waals surface area contributed by atoms with Gasteiger partial charge in [-0.1, -0.05) is 6.42 Å². The summed E-state index contributed by atoms with van der Waals surface area (Å²) in [6.07, 6.45) is 6.03. The Morgan fingerprint density at radius 2 is 2.05 bits per heavy atom. The normalized spacial score (nSPS) is 23.3. The summed E-state index contributed by atoms with van der Waals surface area (Å²) in [5.74, 6) is 0.906. The van der Waals surface area contributed by atoms with Gasteiger partial charge in [-0.25, -0.2) is 9.89 Å². The molecule has 21 heavy (non-hydrogen) atoms. The van der Waals surface area contributed by atoms with Crippen LogP contribution < -0.4 is 11.0 Å². The van der Waals surface area contributed by atoms with Gasteiger partial charge >= 0.3 is 5.69 Å². The highest BCUT2D eigenvalue weighted by Gasteiger charge is 2.21. The molecule has 0 spiro atoms. The maximum atomic E-state index is 12.1. The molecule has 7 nitrogen and oxygen atoms in total. The van der Waals surface area contributed by atoms with E-state index in [0.717, 1.165) is 38.2 Å². The van der Waals surface area contributed by atoms with E-state index in [1.165, 1.54) is 19.3 Å². The number of aromatic amines is 1. The van der Waals surface area contributed by atoms with E-state index in [2.05, 4.69) is 20.4 Å². The molecule has 1 atom stereocenters. The number of carbonyl (C=O) groups excluding carboxylic acids is 1. The fourth-order valence-corrected chi connectivity index (χ4v) is 3.24. The monoisotopic (exact) mass is 293 g/mol.